The van der Waals surface area contributed by atoms with Crippen LogP contribution >= 0.6 is 23.4 Å². The number of nitro groups is 1. The summed E-state index contributed by atoms with van der Waals surface area (Å²) < 4.78 is 0. The van der Waals surface area contributed by atoms with E-state index in [4.69, 9.17) is 16.9 Å². The molecule has 0 saturated heterocycles. The van der Waals surface area contributed by atoms with Gasteiger partial charge in [-0.05, 0) is 30.3 Å². The van der Waals surface area contributed by atoms with Crippen LogP contribution < -0.4 is 0 Å². The van der Waals surface area contributed by atoms with Crippen LogP contribution in [0.25, 0.3) is 0 Å². The average Bonchev–Trinajstić information content (AvgIpc) is 2.38. The van der Waals surface area contributed by atoms with Crippen molar-refractivity contribution in [2.24, 2.45) is 0 Å². The predicted octanol–water partition coefficient (Wildman–Crippen LogP) is 4.27. The van der Waals surface area contributed by atoms with E-state index in [0.29, 0.717) is 5.02 Å². The lowest BCUT2D eigenvalue weighted by atomic mass is 10.2. The van der Waals surface area contributed by atoms with Gasteiger partial charge in [0.15, 0.2) is 0 Å². The van der Waals surface area contributed by atoms with E-state index in [9.17, 15) is 10.1 Å². The van der Waals surface area contributed by atoms with E-state index in [2.05, 4.69) is 0 Å². The number of hydrogen-bond acceptors (Lipinski definition) is 4. The molecule has 2 rings (SSSR count). The number of hydrogen-bond donors (Lipinski definition) is 0. The van der Waals surface area contributed by atoms with Crippen LogP contribution in [0, 0.1) is 21.4 Å². The highest BCUT2D eigenvalue weighted by Gasteiger charge is 2.14. The molecule has 0 bridgehead atoms. The van der Waals surface area contributed by atoms with Crippen LogP contribution in [0.3, 0.4) is 0 Å². The van der Waals surface area contributed by atoms with Crippen LogP contribution in [-0.4, -0.2) is 4.92 Å². The van der Waals surface area contributed by atoms with E-state index in [1.807, 2.05) is 18.2 Å². The second kappa shape index (κ2) is 5.74. The van der Waals surface area contributed by atoms with Crippen molar-refractivity contribution < 1.29 is 4.92 Å². The zero-order valence-electron chi connectivity index (χ0n) is 9.54. The second-order valence-electron chi connectivity index (χ2n) is 3.61. The smallest absolute Gasteiger partial charge is 0.258 e. The summed E-state index contributed by atoms with van der Waals surface area (Å²) in [6.45, 7) is 0. The summed E-state index contributed by atoms with van der Waals surface area (Å²) in [5.74, 6) is 0. The Kier molecular flexibility index (Phi) is 4.05. The summed E-state index contributed by atoms with van der Waals surface area (Å²) in [6.07, 6.45) is 0. The number of halogens is 1. The number of nitriles is 1. The van der Waals surface area contributed by atoms with Gasteiger partial charge in [0.05, 0.1) is 4.92 Å². The largest absolute Gasteiger partial charge is 0.287 e. The molecule has 0 heterocycles. The van der Waals surface area contributed by atoms with Gasteiger partial charge in [0.25, 0.3) is 5.69 Å². The fourth-order valence-corrected chi connectivity index (χ4v) is 2.67. The molecule has 0 fully saturated rings. The Bertz CT molecular complexity index is 683. The summed E-state index contributed by atoms with van der Waals surface area (Å²) in [6, 6.07) is 13.5. The lowest BCUT2D eigenvalue weighted by molar-refractivity contribution is -0.385. The maximum atomic E-state index is 10.7. The van der Waals surface area contributed by atoms with Gasteiger partial charge in [-0.25, -0.2) is 0 Å². The third kappa shape index (κ3) is 3.25. The highest BCUT2D eigenvalue weighted by molar-refractivity contribution is 7.99. The van der Waals surface area contributed by atoms with E-state index in [0.717, 1.165) is 9.79 Å². The van der Waals surface area contributed by atoms with Gasteiger partial charge in [-0.3, -0.25) is 10.1 Å². The standard InChI is InChI=1S/C13H7ClN2O2S/c14-10-2-1-3-11(7-10)19-12-4-5-13(16(17)18)9(6-12)8-15/h1-7H. The zero-order valence-corrected chi connectivity index (χ0v) is 11.1. The third-order valence-electron chi connectivity index (χ3n) is 2.32. The maximum Gasteiger partial charge on any atom is 0.287 e. The van der Waals surface area contributed by atoms with Crippen LogP contribution in [-0.2, 0) is 0 Å². The highest BCUT2D eigenvalue weighted by Crippen LogP contribution is 2.32. The SMILES string of the molecule is N#Cc1cc(Sc2cccc(Cl)c2)ccc1[N+](=O)[O-]. The van der Waals surface area contributed by atoms with Crippen molar-refractivity contribution in [1.29, 1.82) is 5.26 Å². The van der Waals surface area contributed by atoms with Crippen LogP contribution in [0.2, 0.25) is 5.02 Å². The fourth-order valence-electron chi connectivity index (χ4n) is 1.49. The molecule has 0 saturated carbocycles. The molecule has 0 N–H and O–H groups in total. The molecule has 0 radical (unpaired) electrons. The normalized spacial score (nSPS) is 9.89. The van der Waals surface area contributed by atoms with Crippen molar-refractivity contribution >= 4 is 29.1 Å². The van der Waals surface area contributed by atoms with Gasteiger partial charge in [-0.2, -0.15) is 5.26 Å². The summed E-state index contributed by atoms with van der Waals surface area (Å²) in [5, 5.41) is 20.3. The second-order valence-corrected chi connectivity index (χ2v) is 5.19. The van der Waals surface area contributed by atoms with Crippen molar-refractivity contribution in [2.75, 3.05) is 0 Å². The molecule has 19 heavy (non-hydrogen) atoms. The molecule has 0 spiro atoms. The van der Waals surface area contributed by atoms with Crippen molar-refractivity contribution in [3.05, 3.63) is 63.2 Å². The van der Waals surface area contributed by atoms with Crippen molar-refractivity contribution in [3.8, 4) is 6.07 Å². The van der Waals surface area contributed by atoms with Crippen molar-refractivity contribution in [3.63, 3.8) is 0 Å². The molecule has 0 aromatic heterocycles. The molecule has 4 nitrogen and oxygen atoms in total. The molecule has 0 aliphatic rings. The van der Waals surface area contributed by atoms with Gasteiger partial charge in [-0.15, -0.1) is 0 Å². The van der Waals surface area contributed by atoms with Crippen LogP contribution in [0.15, 0.2) is 52.3 Å². The molecule has 0 amide bonds. The van der Waals surface area contributed by atoms with Gasteiger partial charge in [0, 0.05) is 20.9 Å². The first-order valence-electron chi connectivity index (χ1n) is 5.22. The minimum Gasteiger partial charge on any atom is -0.258 e. The lowest BCUT2D eigenvalue weighted by Crippen LogP contribution is -1.92. The monoisotopic (exact) mass is 290 g/mol. The Morgan fingerprint density at radius 3 is 2.58 bits per heavy atom. The van der Waals surface area contributed by atoms with Gasteiger partial charge < -0.3 is 0 Å². The molecule has 0 unspecified atom stereocenters. The van der Waals surface area contributed by atoms with Gasteiger partial charge in [0.2, 0.25) is 0 Å². The molecule has 2 aromatic carbocycles. The first-order valence-corrected chi connectivity index (χ1v) is 6.41. The number of rotatable bonds is 3. The summed E-state index contributed by atoms with van der Waals surface area (Å²) >= 11 is 7.27. The molecule has 0 aliphatic carbocycles. The van der Waals surface area contributed by atoms with Crippen molar-refractivity contribution in [1.82, 2.24) is 0 Å². The summed E-state index contributed by atoms with van der Waals surface area (Å²) in [4.78, 5) is 11.8. The Labute approximate surface area is 118 Å². The minimum atomic E-state index is -0.563. The summed E-state index contributed by atoms with van der Waals surface area (Å²) in [5.41, 5.74) is -0.130. The fraction of sp³-hybridized carbons (Fsp3) is 0. The topological polar surface area (TPSA) is 66.9 Å². The van der Waals surface area contributed by atoms with E-state index in [-0.39, 0.29) is 11.3 Å². The highest BCUT2D eigenvalue weighted by atomic mass is 35.5. The lowest BCUT2D eigenvalue weighted by Gasteiger charge is -2.03. The van der Waals surface area contributed by atoms with Crippen molar-refractivity contribution in [2.45, 2.75) is 9.79 Å². The Balaban J connectivity index is 2.32. The summed E-state index contributed by atoms with van der Waals surface area (Å²) in [7, 11) is 0. The Morgan fingerprint density at radius 1 is 1.21 bits per heavy atom. The van der Waals surface area contributed by atoms with E-state index in [1.54, 1.807) is 18.2 Å². The molecule has 0 aliphatic heterocycles. The van der Waals surface area contributed by atoms with Crippen LogP contribution in [0.5, 0.6) is 0 Å². The van der Waals surface area contributed by atoms with Crippen LogP contribution in [0.4, 0.5) is 5.69 Å². The maximum absolute atomic E-state index is 10.7. The van der Waals surface area contributed by atoms with Crippen LogP contribution in [0.1, 0.15) is 5.56 Å². The molecule has 94 valence electrons. The van der Waals surface area contributed by atoms with E-state index in [1.165, 1.54) is 23.9 Å². The zero-order chi connectivity index (χ0) is 13.8. The molecule has 6 heteroatoms. The molecule has 0 atom stereocenters. The average molecular weight is 291 g/mol. The Hall–Kier alpha value is -2.03. The molecular formula is C13H7ClN2O2S. The predicted molar refractivity (Wildman–Crippen MR) is 73.4 cm³/mol. The number of nitrogens with zero attached hydrogens (tertiary/aromatic N) is 2. The first kappa shape index (κ1) is 13.4. The van der Waals surface area contributed by atoms with Gasteiger partial charge in [-0.1, -0.05) is 29.4 Å². The third-order valence-corrected chi connectivity index (χ3v) is 3.53. The minimum absolute atomic E-state index is 0.0528. The number of nitro benzene ring substituents is 1. The van der Waals surface area contributed by atoms with E-state index >= 15 is 0 Å². The van der Waals surface area contributed by atoms with Gasteiger partial charge >= 0.3 is 0 Å². The van der Waals surface area contributed by atoms with Gasteiger partial charge in [0.1, 0.15) is 11.6 Å². The van der Waals surface area contributed by atoms with E-state index < -0.39 is 4.92 Å². The molecular weight excluding hydrogens is 284 g/mol. The quantitative estimate of drug-likeness (QED) is 0.625. The first-order chi connectivity index (χ1) is 9.10. The Morgan fingerprint density at radius 2 is 1.95 bits per heavy atom. The molecule has 2 aromatic rings. The number of benzene rings is 2.